The lowest BCUT2D eigenvalue weighted by atomic mass is 9.80. The van der Waals surface area contributed by atoms with E-state index in [1.165, 1.54) is 6.33 Å². The summed E-state index contributed by atoms with van der Waals surface area (Å²) < 4.78 is 0. The van der Waals surface area contributed by atoms with E-state index in [-0.39, 0.29) is 18.5 Å². The van der Waals surface area contributed by atoms with Gasteiger partial charge in [0.15, 0.2) is 0 Å². The van der Waals surface area contributed by atoms with Gasteiger partial charge in [-0.05, 0) is 51.7 Å². The average Bonchev–Trinajstić information content (AvgIpc) is 3.22. The molecule has 174 valence electrons. The molecule has 33 heavy (non-hydrogen) atoms. The minimum atomic E-state index is -0.726. The van der Waals surface area contributed by atoms with E-state index in [9.17, 15) is 9.90 Å². The third-order valence-electron chi connectivity index (χ3n) is 6.86. The molecule has 1 saturated carbocycles. The maximum Gasteiger partial charge on any atom is 0.239 e. The molecule has 9 heteroatoms. The third-order valence-corrected chi connectivity index (χ3v) is 7.97. The number of nitrogens with zero attached hydrogens (tertiary/aromatic N) is 4. The third kappa shape index (κ3) is 4.71. The maximum absolute atomic E-state index is 12.5. The van der Waals surface area contributed by atoms with Crippen molar-refractivity contribution in [3.05, 3.63) is 46.2 Å². The lowest BCUT2D eigenvalue weighted by Crippen LogP contribution is -2.63. The number of aliphatic hydroxyl groups is 1. The first-order chi connectivity index (χ1) is 15.9. The van der Waals surface area contributed by atoms with E-state index < -0.39 is 5.60 Å². The second kappa shape index (κ2) is 8.96. The van der Waals surface area contributed by atoms with Gasteiger partial charge in [-0.15, -0.1) is 11.3 Å². The van der Waals surface area contributed by atoms with Gasteiger partial charge in [0.25, 0.3) is 0 Å². The first-order valence-electron chi connectivity index (χ1n) is 11.5. The Labute approximate surface area is 197 Å². The molecule has 0 bridgehead atoms. The van der Waals surface area contributed by atoms with E-state index in [4.69, 9.17) is 0 Å². The van der Waals surface area contributed by atoms with Crippen molar-refractivity contribution >= 4 is 34.0 Å². The number of amides is 1. The van der Waals surface area contributed by atoms with E-state index in [2.05, 4.69) is 30.5 Å². The fourth-order valence-electron chi connectivity index (χ4n) is 4.92. The molecule has 2 aromatic heterocycles. The van der Waals surface area contributed by atoms with Crippen molar-refractivity contribution in [2.75, 3.05) is 25.0 Å². The van der Waals surface area contributed by atoms with Crippen LogP contribution in [0.3, 0.4) is 0 Å². The highest BCUT2D eigenvalue weighted by Gasteiger charge is 2.41. The summed E-state index contributed by atoms with van der Waals surface area (Å²) in [6.07, 6.45) is 6.82. The minimum Gasteiger partial charge on any atom is -0.384 e. The van der Waals surface area contributed by atoms with Crippen molar-refractivity contribution in [2.24, 2.45) is 0 Å². The van der Waals surface area contributed by atoms with E-state index in [0.717, 1.165) is 65.1 Å². The molecular weight excluding hydrogens is 436 g/mol. The summed E-state index contributed by atoms with van der Waals surface area (Å²) in [6.45, 7) is 5.91. The standard InChI is InChI=1S/C24H30N6O2S/c1-15-3-4-20-19(9-15)23(28-14-27-20)26-11-22(31)29-17-12-30(13-17)18-5-7-24(32,8-6-18)21-10-25-16(2)33-21/h3-4,9-10,14,17-18,32H,5-8,11-13H2,1-2H3,(H,29,31)(H,26,27,28). The van der Waals surface area contributed by atoms with Crippen LogP contribution in [0.5, 0.6) is 0 Å². The van der Waals surface area contributed by atoms with Gasteiger partial charge in [0.2, 0.25) is 5.91 Å². The highest BCUT2D eigenvalue weighted by atomic mass is 32.1. The lowest BCUT2D eigenvalue weighted by Gasteiger charge is -2.48. The van der Waals surface area contributed by atoms with Gasteiger partial charge >= 0.3 is 0 Å². The zero-order chi connectivity index (χ0) is 23.0. The molecule has 3 N–H and O–H groups in total. The van der Waals surface area contributed by atoms with Crippen molar-refractivity contribution in [1.82, 2.24) is 25.2 Å². The highest BCUT2D eigenvalue weighted by Crippen LogP contribution is 2.41. The van der Waals surface area contributed by atoms with Crippen LogP contribution in [0.2, 0.25) is 0 Å². The first kappa shape index (κ1) is 22.2. The molecule has 0 spiro atoms. The van der Waals surface area contributed by atoms with Crippen molar-refractivity contribution in [1.29, 1.82) is 0 Å². The molecule has 1 aromatic carbocycles. The van der Waals surface area contributed by atoms with Crippen LogP contribution in [0.25, 0.3) is 10.9 Å². The Kier molecular flexibility index (Phi) is 6.03. The van der Waals surface area contributed by atoms with Crippen molar-refractivity contribution in [3.63, 3.8) is 0 Å². The van der Waals surface area contributed by atoms with Crippen LogP contribution in [0.15, 0.2) is 30.7 Å². The van der Waals surface area contributed by atoms with E-state index >= 15 is 0 Å². The molecule has 5 rings (SSSR count). The molecule has 2 aliphatic rings. The molecule has 3 heterocycles. The van der Waals surface area contributed by atoms with Crippen LogP contribution in [0.4, 0.5) is 5.82 Å². The normalized spacial score (nSPS) is 23.9. The van der Waals surface area contributed by atoms with Crippen LogP contribution < -0.4 is 10.6 Å². The van der Waals surface area contributed by atoms with Crippen molar-refractivity contribution in [3.8, 4) is 0 Å². The van der Waals surface area contributed by atoms with Gasteiger partial charge in [-0.25, -0.2) is 15.0 Å². The average molecular weight is 467 g/mol. The molecular formula is C24H30N6O2S. The van der Waals surface area contributed by atoms with Crippen LogP contribution in [0.1, 0.15) is 41.1 Å². The summed E-state index contributed by atoms with van der Waals surface area (Å²) in [7, 11) is 0. The molecule has 1 amide bonds. The fourth-order valence-corrected chi connectivity index (χ4v) is 5.85. The second-order valence-corrected chi connectivity index (χ2v) is 10.6. The van der Waals surface area contributed by atoms with Crippen LogP contribution in [-0.2, 0) is 10.4 Å². The number of benzene rings is 1. The molecule has 0 atom stereocenters. The monoisotopic (exact) mass is 466 g/mol. The summed E-state index contributed by atoms with van der Waals surface area (Å²) >= 11 is 1.60. The molecule has 1 saturated heterocycles. The number of carbonyl (C=O) groups is 1. The lowest BCUT2D eigenvalue weighted by molar-refractivity contribution is -0.121. The number of nitrogens with one attached hydrogen (secondary N) is 2. The number of rotatable bonds is 6. The Balaban J connectivity index is 1.07. The Morgan fingerprint density at radius 1 is 1.21 bits per heavy atom. The van der Waals surface area contributed by atoms with Gasteiger partial charge < -0.3 is 15.7 Å². The predicted octanol–water partition coefficient (Wildman–Crippen LogP) is 2.75. The largest absolute Gasteiger partial charge is 0.384 e. The van der Waals surface area contributed by atoms with Crippen molar-refractivity contribution < 1.29 is 9.90 Å². The molecule has 0 radical (unpaired) electrons. The van der Waals surface area contributed by atoms with Gasteiger partial charge in [-0.2, -0.15) is 0 Å². The van der Waals surface area contributed by atoms with Crippen LogP contribution in [0, 0.1) is 13.8 Å². The summed E-state index contributed by atoms with van der Waals surface area (Å²) in [5, 5.41) is 19.2. The molecule has 1 aliphatic heterocycles. The molecule has 3 aromatic rings. The molecule has 0 unspecified atom stereocenters. The number of thiazole rings is 1. The van der Waals surface area contributed by atoms with Gasteiger partial charge in [-0.1, -0.05) is 11.6 Å². The maximum atomic E-state index is 12.5. The molecule has 2 fully saturated rings. The number of hydrogen-bond donors (Lipinski definition) is 3. The SMILES string of the molecule is Cc1ccc2ncnc(NCC(=O)NC3CN(C4CCC(O)(c5cnc(C)s5)CC4)C3)c2c1. The molecule has 8 nitrogen and oxygen atoms in total. The number of aryl methyl sites for hydroxylation is 2. The van der Waals surface area contributed by atoms with Crippen molar-refractivity contribution in [2.45, 2.75) is 57.2 Å². The van der Waals surface area contributed by atoms with Crippen LogP contribution >= 0.6 is 11.3 Å². The Hall–Kier alpha value is -2.62. The summed E-state index contributed by atoms with van der Waals surface area (Å²) in [4.78, 5) is 28.8. The fraction of sp³-hybridized carbons (Fsp3) is 0.500. The molecule has 1 aliphatic carbocycles. The van der Waals surface area contributed by atoms with Crippen LogP contribution in [-0.4, -0.2) is 62.6 Å². The zero-order valence-corrected chi connectivity index (χ0v) is 19.9. The Bertz CT molecular complexity index is 1150. The van der Waals surface area contributed by atoms with E-state index in [1.54, 1.807) is 11.3 Å². The Morgan fingerprint density at radius 3 is 2.73 bits per heavy atom. The minimum absolute atomic E-state index is 0.0300. The topological polar surface area (TPSA) is 103 Å². The summed E-state index contributed by atoms with van der Waals surface area (Å²) in [5.74, 6) is 0.651. The van der Waals surface area contributed by atoms with E-state index in [0.29, 0.717) is 11.9 Å². The smallest absolute Gasteiger partial charge is 0.239 e. The number of anilines is 1. The van der Waals surface area contributed by atoms with Gasteiger partial charge in [0, 0.05) is 30.7 Å². The highest BCUT2D eigenvalue weighted by molar-refractivity contribution is 7.11. The second-order valence-electron chi connectivity index (χ2n) is 9.32. The van der Waals surface area contributed by atoms with Gasteiger partial charge in [0.05, 0.1) is 28.0 Å². The number of fused-ring (bicyclic) bond motifs is 1. The zero-order valence-electron chi connectivity index (χ0n) is 19.0. The number of carbonyl (C=O) groups excluding carboxylic acids is 1. The summed E-state index contributed by atoms with van der Waals surface area (Å²) in [5.41, 5.74) is 1.26. The number of likely N-dealkylation sites (tertiary alicyclic amines) is 1. The number of hydrogen-bond acceptors (Lipinski definition) is 8. The predicted molar refractivity (Wildman–Crippen MR) is 129 cm³/mol. The van der Waals surface area contributed by atoms with Gasteiger partial charge in [0.1, 0.15) is 17.7 Å². The number of aromatic nitrogens is 3. The summed E-state index contributed by atoms with van der Waals surface area (Å²) in [6, 6.07) is 6.66. The quantitative estimate of drug-likeness (QED) is 0.513. The van der Waals surface area contributed by atoms with Gasteiger partial charge in [-0.3, -0.25) is 9.69 Å². The Morgan fingerprint density at radius 2 is 2.00 bits per heavy atom. The first-order valence-corrected chi connectivity index (χ1v) is 12.4. The van der Waals surface area contributed by atoms with E-state index in [1.807, 2.05) is 38.2 Å².